The van der Waals surface area contributed by atoms with E-state index in [4.69, 9.17) is 0 Å². The molecule has 0 saturated heterocycles. The Kier molecular flexibility index (Phi) is 4.41. The van der Waals surface area contributed by atoms with E-state index in [0.717, 1.165) is 20.0 Å². The molecule has 0 unspecified atom stereocenters. The van der Waals surface area contributed by atoms with E-state index >= 15 is 0 Å². The Balaban J connectivity index is 1.84. The molecule has 0 spiro atoms. The van der Waals surface area contributed by atoms with Crippen LogP contribution >= 0.6 is 27.3 Å². The van der Waals surface area contributed by atoms with Crippen LogP contribution in [0.4, 0.5) is 10.7 Å². The zero-order valence-corrected chi connectivity index (χ0v) is 14.4. The lowest BCUT2D eigenvalue weighted by Gasteiger charge is -2.16. The predicted molar refractivity (Wildman–Crippen MR) is 96.4 cm³/mol. The van der Waals surface area contributed by atoms with Gasteiger partial charge in [0.15, 0.2) is 0 Å². The maximum absolute atomic E-state index is 12.5. The van der Waals surface area contributed by atoms with Gasteiger partial charge in [0.25, 0.3) is 0 Å². The molecule has 110 valence electrons. The lowest BCUT2D eigenvalue weighted by molar-refractivity contribution is 0.104. The lowest BCUT2D eigenvalue weighted by Crippen LogP contribution is -2.07. The van der Waals surface area contributed by atoms with Gasteiger partial charge in [0.05, 0.1) is 9.88 Å². The molecule has 3 aromatic rings. The molecule has 0 aliphatic carbocycles. The highest BCUT2D eigenvalue weighted by Gasteiger charge is 2.14. The highest BCUT2D eigenvalue weighted by atomic mass is 79.9. The van der Waals surface area contributed by atoms with Crippen LogP contribution in [0.15, 0.2) is 71.2 Å². The molecular weight excluding hydrogens is 358 g/mol. The molecule has 0 bridgehead atoms. The molecule has 2 aromatic carbocycles. The summed E-state index contributed by atoms with van der Waals surface area (Å²) in [6.07, 6.45) is 0. The van der Waals surface area contributed by atoms with E-state index in [9.17, 15) is 4.79 Å². The first-order chi connectivity index (χ1) is 10.6. The van der Waals surface area contributed by atoms with Gasteiger partial charge in [-0.2, -0.15) is 0 Å². The average molecular weight is 372 g/mol. The van der Waals surface area contributed by atoms with Crippen LogP contribution in [0.5, 0.6) is 0 Å². The Morgan fingerprint density at radius 3 is 2.32 bits per heavy atom. The maximum Gasteiger partial charge on any atom is 0.203 e. The summed E-state index contributed by atoms with van der Waals surface area (Å²) >= 11 is 4.89. The monoisotopic (exact) mass is 371 g/mol. The number of carbonyl (C=O) groups is 1. The third-order valence-electron chi connectivity index (χ3n) is 3.40. The largest absolute Gasteiger partial charge is 0.336 e. The number of nitrogens with zero attached hydrogens (tertiary/aromatic N) is 1. The van der Waals surface area contributed by atoms with Crippen LogP contribution in [0.2, 0.25) is 0 Å². The molecule has 0 fully saturated rings. The summed E-state index contributed by atoms with van der Waals surface area (Å²) in [5, 5.41) is 1.05. The van der Waals surface area contributed by atoms with Crippen molar-refractivity contribution in [3.05, 3.63) is 81.6 Å². The standard InChI is InChI=1S/C18H14BrNOS/c1-20(15-5-3-2-4-6-15)17-12-11-16(22-17)18(21)13-7-9-14(19)10-8-13/h2-12H,1H3. The maximum atomic E-state index is 12.5. The Bertz CT molecular complexity index is 780. The summed E-state index contributed by atoms with van der Waals surface area (Å²) < 4.78 is 0.972. The molecule has 0 aliphatic heterocycles. The number of anilines is 2. The zero-order chi connectivity index (χ0) is 15.5. The molecule has 1 heterocycles. The van der Waals surface area contributed by atoms with Crippen LogP contribution in [0, 0.1) is 0 Å². The first-order valence-corrected chi connectivity index (χ1v) is 8.45. The number of hydrogen-bond acceptors (Lipinski definition) is 3. The van der Waals surface area contributed by atoms with E-state index in [1.807, 2.05) is 61.6 Å². The van der Waals surface area contributed by atoms with Crippen LogP contribution in [0.3, 0.4) is 0 Å². The minimum absolute atomic E-state index is 0.0604. The van der Waals surface area contributed by atoms with Gasteiger partial charge in [-0.3, -0.25) is 4.79 Å². The van der Waals surface area contributed by atoms with Crippen molar-refractivity contribution >= 4 is 43.7 Å². The van der Waals surface area contributed by atoms with Crippen LogP contribution in [-0.4, -0.2) is 12.8 Å². The van der Waals surface area contributed by atoms with Crippen molar-refractivity contribution in [3.8, 4) is 0 Å². The summed E-state index contributed by atoms with van der Waals surface area (Å²) in [6, 6.07) is 21.4. The molecule has 2 nitrogen and oxygen atoms in total. The Hall–Kier alpha value is -1.91. The molecular formula is C18H14BrNOS. The molecule has 3 rings (SSSR count). The lowest BCUT2D eigenvalue weighted by atomic mass is 10.1. The van der Waals surface area contributed by atoms with Crippen LogP contribution in [0.25, 0.3) is 0 Å². The smallest absolute Gasteiger partial charge is 0.203 e. The number of benzene rings is 2. The third kappa shape index (κ3) is 3.13. The molecule has 0 amide bonds. The fraction of sp³-hybridized carbons (Fsp3) is 0.0556. The topological polar surface area (TPSA) is 20.3 Å². The molecule has 22 heavy (non-hydrogen) atoms. The van der Waals surface area contributed by atoms with Gasteiger partial charge in [-0.1, -0.05) is 34.1 Å². The van der Waals surface area contributed by atoms with Gasteiger partial charge in [0.1, 0.15) is 0 Å². The Morgan fingerprint density at radius 2 is 1.64 bits per heavy atom. The molecule has 0 radical (unpaired) electrons. The average Bonchev–Trinajstić information content (AvgIpc) is 3.05. The second-order valence-electron chi connectivity index (χ2n) is 4.87. The Morgan fingerprint density at radius 1 is 0.955 bits per heavy atom. The van der Waals surface area contributed by atoms with Gasteiger partial charge in [-0.05, 0) is 48.5 Å². The summed E-state index contributed by atoms with van der Waals surface area (Å²) in [4.78, 5) is 15.3. The number of hydrogen-bond donors (Lipinski definition) is 0. The normalized spacial score (nSPS) is 10.5. The first-order valence-electron chi connectivity index (χ1n) is 6.84. The van der Waals surface area contributed by atoms with Crippen LogP contribution in [-0.2, 0) is 0 Å². The highest BCUT2D eigenvalue weighted by molar-refractivity contribution is 9.10. The number of ketones is 1. The minimum atomic E-state index is 0.0604. The van der Waals surface area contributed by atoms with E-state index in [-0.39, 0.29) is 5.78 Å². The van der Waals surface area contributed by atoms with Crippen molar-refractivity contribution in [2.75, 3.05) is 11.9 Å². The van der Waals surface area contributed by atoms with Crippen molar-refractivity contribution in [3.63, 3.8) is 0 Å². The summed E-state index contributed by atoms with van der Waals surface area (Å²) in [7, 11) is 2.01. The van der Waals surface area contributed by atoms with E-state index in [1.54, 1.807) is 0 Å². The van der Waals surface area contributed by atoms with Gasteiger partial charge in [0, 0.05) is 22.8 Å². The summed E-state index contributed by atoms with van der Waals surface area (Å²) in [5.41, 5.74) is 1.81. The van der Waals surface area contributed by atoms with Crippen molar-refractivity contribution < 1.29 is 4.79 Å². The second-order valence-corrected chi connectivity index (χ2v) is 6.85. The fourth-order valence-electron chi connectivity index (χ4n) is 2.15. The van der Waals surface area contributed by atoms with E-state index in [0.29, 0.717) is 5.56 Å². The summed E-state index contributed by atoms with van der Waals surface area (Å²) in [5.74, 6) is 0.0604. The first kappa shape index (κ1) is 15.0. The third-order valence-corrected chi connectivity index (χ3v) is 5.09. The van der Waals surface area contributed by atoms with Gasteiger partial charge < -0.3 is 4.90 Å². The number of rotatable bonds is 4. The van der Waals surface area contributed by atoms with Gasteiger partial charge in [-0.25, -0.2) is 0 Å². The van der Waals surface area contributed by atoms with Crippen LogP contribution in [0.1, 0.15) is 15.2 Å². The van der Waals surface area contributed by atoms with E-state index < -0.39 is 0 Å². The molecule has 0 atom stereocenters. The quantitative estimate of drug-likeness (QED) is 0.563. The molecule has 0 saturated carbocycles. The zero-order valence-electron chi connectivity index (χ0n) is 12.0. The van der Waals surface area contributed by atoms with Crippen molar-refractivity contribution in [1.29, 1.82) is 0 Å². The van der Waals surface area contributed by atoms with Crippen LogP contribution < -0.4 is 4.90 Å². The van der Waals surface area contributed by atoms with E-state index in [1.165, 1.54) is 11.3 Å². The second kappa shape index (κ2) is 6.46. The van der Waals surface area contributed by atoms with Crippen molar-refractivity contribution in [2.24, 2.45) is 0 Å². The number of para-hydroxylation sites is 1. The molecule has 4 heteroatoms. The highest BCUT2D eigenvalue weighted by Crippen LogP contribution is 2.31. The molecule has 0 aliphatic rings. The number of thiophene rings is 1. The van der Waals surface area contributed by atoms with Gasteiger partial charge in [-0.15, -0.1) is 11.3 Å². The van der Waals surface area contributed by atoms with Crippen molar-refractivity contribution in [1.82, 2.24) is 0 Å². The van der Waals surface area contributed by atoms with E-state index in [2.05, 4.69) is 33.0 Å². The van der Waals surface area contributed by atoms with Gasteiger partial charge >= 0.3 is 0 Å². The Labute approximate surface area is 142 Å². The summed E-state index contributed by atoms with van der Waals surface area (Å²) in [6.45, 7) is 0. The number of halogens is 1. The minimum Gasteiger partial charge on any atom is -0.336 e. The fourth-order valence-corrected chi connectivity index (χ4v) is 3.37. The van der Waals surface area contributed by atoms with Crippen molar-refractivity contribution in [2.45, 2.75) is 0 Å². The molecule has 1 aromatic heterocycles. The SMILES string of the molecule is CN(c1ccccc1)c1ccc(C(=O)c2ccc(Br)cc2)s1. The van der Waals surface area contributed by atoms with Gasteiger partial charge in [0.2, 0.25) is 5.78 Å². The predicted octanol–water partition coefficient (Wildman–Crippen LogP) is 5.51. The number of carbonyl (C=O) groups excluding carboxylic acids is 1. The molecule has 0 N–H and O–H groups in total.